The van der Waals surface area contributed by atoms with Crippen LogP contribution in [0.3, 0.4) is 0 Å². The molecule has 0 aliphatic carbocycles. The molecule has 0 heterocycles. The number of nitrogens with one attached hydrogen (secondary N) is 1. The van der Waals surface area contributed by atoms with Crippen molar-refractivity contribution >= 4 is 11.7 Å². The zero-order valence-corrected chi connectivity index (χ0v) is 9.30. The van der Waals surface area contributed by atoms with Gasteiger partial charge in [0.2, 0.25) is 5.91 Å². The molecule has 1 amide bonds. The van der Waals surface area contributed by atoms with Crippen molar-refractivity contribution in [3.8, 4) is 0 Å². The largest absolute Gasteiger partial charge is 0.355 e. The van der Waals surface area contributed by atoms with Gasteiger partial charge in [-0.05, 0) is 27.4 Å². The van der Waals surface area contributed by atoms with Gasteiger partial charge < -0.3 is 15.0 Å². The molecule has 0 radical (unpaired) electrons. The number of carbonyl (C=O) groups is 2. The summed E-state index contributed by atoms with van der Waals surface area (Å²) in [5.74, 6) is 0.180. The molecule has 0 aromatic carbocycles. The first kappa shape index (κ1) is 13.1. The summed E-state index contributed by atoms with van der Waals surface area (Å²) < 4.78 is 0. The Balaban J connectivity index is 3.33. The Morgan fingerprint density at radius 2 is 1.86 bits per heavy atom. The lowest BCUT2D eigenvalue weighted by Crippen LogP contribution is -2.31. The topological polar surface area (TPSA) is 49.4 Å². The van der Waals surface area contributed by atoms with Gasteiger partial charge in [0, 0.05) is 25.9 Å². The third-order valence-corrected chi connectivity index (χ3v) is 1.81. The van der Waals surface area contributed by atoms with Crippen molar-refractivity contribution in [3.63, 3.8) is 0 Å². The molecule has 0 aromatic heterocycles. The van der Waals surface area contributed by atoms with Gasteiger partial charge in [0.15, 0.2) is 0 Å². The monoisotopic (exact) mass is 200 g/mol. The number of likely N-dealkylation sites (N-methyl/N-ethyl adjacent to an activating group) is 1. The fourth-order valence-corrected chi connectivity index (χ4v) is 1.01. The molecule has 0 bridgehead atoms. The summed E-state index contributed by atoms with van der Waals surface area (Å²) in [7, 11) is 3.92. The minimum Gasteiger partial charge on any atom is -0.355 e. The van der Waals surface area contributed by atoms with Gasteiger partial charge in [-0.15, -0.1) is 0 Å². The van der Waals surface area contributed by atoms with E-state index in [9.17, 15) is 9.59 Å². The summed E-state index contributed by atoms with van der Waals surface area (Å²) in [5.41, 5.74) is 0. The number of Topliss-reactive ketones (excluding diaryl/α,β-unsaturated/α-hetero) is 1. The standard InChI is InChI=1S/C10H20N2O2/c1-9(13)5-4-6-10(14)11-7-8-12(2)3/h4-8H2,1-3H3,(H,11,14). The van der Waals surface area contributed by atoms with Crippen LogP contribution >= 0.6 is 0 Å². The molecule has 0 spiro atoms. The van der Waals surface area contributed by atoms with Crippen LogP contribution in [0.5, 0.6) is 0 Å². The molecule has 0 fully saturated rings. The Morgan fingerprint density at radius 1 is 1.21 bits per heavy atom. The summed E-state index contributed by atoms with van der Waals surface area (Å²) in [6, 6.07) is 0. The number of rotatable bonds is 7. The molecule has 0 saturated carbocycles. The number of amides is 1. The number of hydrogen-bond acceptors (Lipinski definition) is 3. The molecule has 14 heavy (non-hydrogen) atoms. The fourth-order valence-electron chi connectivity index (χ4n) is 1.01. The fraction of sp³-hybridized carbons (Fsp3) is 0.800. The molecule has 0 aromatic rings. The minimum absolute atomic E-state index is 0.0353. The zero-order chi connectivity index (χ0) is 11.0. The number of ketones is 1. The minimum atomic E-state index is 0.0353. The summed E-state index contributed by atoms with van der Waals surface area (Å²) in [6.45, 7) is 3.06. The molecule has 0 aliphatic heterocycles. The van der Waals surface area contributed by atoms with Gasteiger partial charge in [-0.2, -0.15) is 0 Å². The van der Waals surface area contributed by atoms with Crippen molar-refractivity contribution in [2.45, 2.75) is 26.2 Å². The Bertz CT molecular complexity index is 191. The molecular weight excluding hydrogens is 180 g/mol. The Hall–Kier alpha value is -0.900. The van der Waals surface area contributed by atoms with Crippen LogP contribution in [-0.2, 0) is 9.59 Å². The molecule has 0 aliphatic rings. The first-order valence-corrected chi connectivity index (χ1v) is 4.93. The van der Waals surface area contributed by atoms with Crippen LogP contribution in [0.1, 0.15) is 26.2 Å². The lowest BCUT2D eigenvalue weighted by atomic mass is 10.2. The Morgan fingerprint density at radius 3 is 2.36 bits per heavy atom. The van der Waals surface area contributed by atoms with Gasteiger partial charge in [-0.1, -0.05) is 0 Å². The van der Waals surface area contributed by atoms with Gasteiger partial charge in [0.1, 0.15) is 5.78 Å². The smallest absolute Gasteiger partial charge is 0.220 e. The van der Waals surface area contributed by atoms with Crippen molar-refractivity contribution in [1.29, 1.82) is 0 Å². The summed E-state index contributed by atoms with van der Waals surface area (Å²) in [4.78, 5) is 23.8. The maximum absolute atomic E-state index is 11.2. The third kappa shape index (κ3) is 9.19. The van der Waals surface area contributed by atoms with Crippen LogP contribution < -0.4 is 5.32 Å². The quantitative estimate of drug-likeness (QED) is 0.648. The van der Waals surface area contributed by atoms with E-state index in [1.54, 1.807) is 6.92 Å². The highest BCUT2D eigenvalue weighted by Gasteiger charge is 2.01. The predicted octanol–water partition coefficient (Wildman–Crippen LogP) is 0.424. The van der Waals surface area contributed by atoms with Gasteiger partial charge in [0.25, 0.3) is 0 Å². The van der Waals surface area contributed by atoms with Crippen LogP contribution in [-0.4, -0.2) is 43.8 Å². The van der Waals surface area contributed by atoms with E-state index >= 15 is 0 Å². The number of hydrogen-bond donors (Lipinski definition) is 1. The maximum atomic E-state index is 11.2. The van der Waals surface area contributed by atoms with Crippen molar-refractivity contribution in [1.82, 2.24) is 10.2 Å². The van der Waals surface area contributed by atoms with Gasteiger partial charge in [-0.25, -0.2) is 0 Å². The second-order valence-electron chi connectivity index (χ2n) is 3.71. The first-order chi connectivity index (χ1) is 6.52. The average molecular weight is 200 g/mol. The Labute approximate surface area is 85.7 Å². The van der Waals surface area contributed by atoms with Crippen LogP contribution in [0.2, 0.25) is 0 Å². The molecule has 4 heteroatoms. The molecule has 0 atom stereocenters. The van der Waals surface area contributed by atoms with E-state index in [2.05, 4.69) is 5.32 Å². The van der Waals surface area contributed by atoms with Crippen molar-refractivity contribution < 1.29 is 9.59 Å². The summed E-state index contributed by atoms with van der Waals surface area (Å²) >= 11 is 0. The van der Waals surface area contributed by atoms with Gasteiger partial charge in [-0.3, -0.25) is 4.79 Å². The van der Waals surface area contributed by atoms with E-state index in [0.717, 1.165) is 6.54 Å². The predicted molar refractivity (Wildman–Crippen MR) is 56.1 cm³/mol. The normalized spacial score (nSPS) is 10.3. The molecule has 0 unspecified atom stereocenters. The van der Waals surface area contributed by atoms with Crippen LogP contribution in [0.15, 0.2) is 0 Å². The molecule has 0 rings (SSSR count). The molecular formula is C10H20N2O2. The van der Waals surface area contributed by atoms with E-state index in [0.29, 0.717) is 25.8 Å². The van der Waals surface area contributed by atoms with E-state index < -0.39 is 0 Å². The lowest BCUT2D eigenvalue weighted by Gasteiger charge is -2.09. The summed E-state index contributed by atoms with van der Waals surface area (Å²) in [6.07, 6.45) is 1.61. The molecule has 0 saturated heterocycles. The van der Waals surface area contributed by atoms with Crippen LogP contribution in [0, 0.1) is 0 Å². The van der Waals surface area contributed by atoms with Gasteiger partial charge in [0.05, 0.1) is 0 Å². The van der Waals surface area contributed by atoms with E-state index in [1.807, 2.05) is 19.0 Å². The van der Waals surface area contributed by atoms with E-state index in [4.69, 9.17) is 0 Å². The van der Waals surface area contributed by atoms with Gasteiger partial charge >= 0.3 is 0 Å². The third-order valence-electron chi connectivity index (χ3n) is 1.81. The number of carbonyl (C=O) groups excluding carboxylic acids is 2. The van der Waals surface area contributed by atoms with E-state index in [-0.39, 0.29) is 11.7 Å². The van der Waals surface area contributed by atoms with Crippen LogP contribution in [0.4, 0.5) is 0 Å². The molecule has 82 valence electrons. The highest BCUT2D eigenvalue weighted by molar-refractivity contribution is 5.78. The van der Waals surface area contributed by atoms with Crippen molar-refractivity contribution in [3.05, 3.63) is 0 Å². The summed E-state index contributed by atoms with van der Waals surface area (Å²) in [5, 5.41) is 2.80. The van der Waals surface area contributed by atoms with Crippen molar-refractivity contribution in [2.24, 2.45) is 0 Å². The second kappa shape index (κ2) is 7.50. The maximum Gasteiger partial charge on any atom is 0.220 e. The highest BCUT2D eigenvalue weighted by atomic mass is 16.1. The highest BCUT2D eigenvalue weighted by Crippen LogP contribution is 1.95. The molecule has 1 N–H and O–H groups in total. The molecule has 4 nitrogen and oxygen atoms in total. The number of nitrogens with zero attached hydrogens (tertiary/aromatic N) is 1. The Kier molecular flexibility index (Phi) is 7.02. The first-order valence-electron chi connectivity index (χ1n) is 4.93. The van der Waals surface area contributed by atoms with E-state index in [1.165, 1.54) is 0 Å². The zero-order valence-electron chi connectivity index (χ0n) is 9.30. The average Bonchev–Trinajstić information content (AvgIpc) is 2.02. The lowest BCUT2D eigenvalue weighted by molar-refractivity contribution is -0.121. The SMILES string of the molecule is CC(=O)CCCC(=O)NCCN(C)C. The van der Waals surface area contributed by atoms with Crippen LogP contribution in [0.25, 0.3) is 0 Å². The van der Waals surface area contributed by atoms with Crippen molar-refractivity contribution in [2.75, 3.05) is 27.2 Å². The second-order valence-corrected chi connectivity index (χ2v) is 3.71.